The second kappa shape index (κ2) is 6.68. The van der Waals surface area contributed by atoms with Crippen molar-refractivity contribution < 1.29 is 33.4 Å². The van der Waals surface area contributed by atoms with Gasteiger partial charge in [-0.15, -0.1) is 0 Å². The number of fused-ring (bicyclic) bond motifs is 1. The van der Waals surface area contributed by atoms with E-state index in [1.165, 1.54) is 19.2 Å². The second-order valence-electron chi connectivity index (χ2n) is 7.15. The van der Waals surface area contributed by atoms with Gasteiger partial charge in [0, 0.05) is 11.6 Å². The molecule has 0 spiro atoms. The number of esters is 3. The van der Waals surface area contributed by atoms with E-state index in [2.05, 4.69) is 10.1 Å². The molecule has 1 saturated heterocycles. The number of carbonyl (C=O) groups is 4. The number of hydrogen-bond acceptors (Lipinski definition) is 7. The van der Waals surface area contributed by atoms with E-state index in [4.69, 9.17) is 9.47 Å². The molecule has 1 amide bonds. The maximum atomic E-state index is 12.4. The molecule has 1 aromatic carbocycles. The van der Waals surface area contributed by atoms with Crippen LogP contribution < -0.4 is 5.32 Å². The third kappa shape index (κ3) is 3.05. The zero-order valence-electron chi connectivity index (χ0n) is 14.7. The van der Waals surface area contributed by atoms with Crippen LogP contribution in [0.5, 0.6) is 0 Å². The lowest BCUT2D eigenvalue weighted by Gasteiger charge is -2.22. The Kier molecular flexibility index (Phi) is 4.33. The monoisotopic (exact) mass is 373 g/mol. The van der Waals surface area contributed by atoms with E-state index < -0.39 is 36.3 Å². The second-order valence-corrected chi connectivity index (χ2v) is 7.15. The first-order valence-corrected chi connectivity index (χ1v) is 8.83. The fraction of sp³-hybridized carbons (Fsp3) is 0.474. The minimum atomic E-state index is -0.513. The van der Waals surface area contributed by atoms with Crippen molar-refractivity contribution in [2.24, 2.45) is 23.7 Å². The van der Waals surface area contributed by atoms with Crippen molar-refractivity contribution in [1.29, 1.82) is 0 Å². The molecule has 3 fully saturated rings. The standard InChI is InChI=1S/C19H19NO7/c1-25-17(22)9-2-4-11(5-3-9)20-14(21)8-26-18(23)15-10-6-12-13(7-10)27-19(24)16(12)15/h2-5,10,12-13,15-16H,6-8H2,1H3,(H,20,21)/t10-,12+,13-,15-,16+/m1/s1. The van der Waals surface area contributed by atoms with Crippen LogP contribution in [0.15, 0.2) is 24.3 Å². The Morgan fingerprint density at radius 1 is 1.19 bits per heavy atom. The molecule has 0 unspecified atom stereocenters. The van der Waals surface area contributed by atoms with Gasteiger partial charge in [0.05, 0.1) is 24.5 Å². The first kappa shape index (κ1) is 17.5. The van der Waals surface area contributed by atoms with E-state index in [1.54, 1.807) is 12.1 Å². The lowest BCUT2D eigenvalue weighted by atomic mass is 9.80. The normalized spacial score (nSPS) is 30.0. The van der Waals surface area contributed by atoms with Crippen molar-refractivity contribution in [3.8, 4) is 0 Å². The molecule has 5 atom stereocenters. The molecule has 2 saturated carbocycles. The number of carbonyl (C=O) groups excluding carboxylic acids is 4. The van der Waals surface area contributed by atoms with Crippen LogP contribution in [0.25, 0.3) is 0 Å². The highest BCUT2D eigenvalue weighted by molar-refractivity contribution is 5.95. The molecule has 0 aromatic heterocycles. The van der Waals surface area contributed by atoms with Gasteiger partial charge in [0.25, 0.3) is 5.91 Å². The van der Waals surface area contributed by atoms with Gasteiger partial charge in [-0.2, -0.15) is 0 Å². The van der Waals surface area contributed by atoms with Crippen LogP contribution in [0.4, 0.5) is 5.69 Å². The van der Waals surface area contributed by atoms with E-state index in [0.717, 1.165) is 6.42 Å². The molecule has 1 aromatic rings. The van der Waals surface area contributed by atoms with Gasteiger partial charge < -0.3 is 19.5 Å². The third-order valence-corrected chi connectivity index (χ3v) is 5.69. The topological polar surface area (TPSA) is 108 Å². The van der Waals surface area contributed by atoms with Crippen molar-refractivity contribution in [3.05, 3.63) is 29.8 Å². The Bertz CT molecular complexity index is 801. The number of nitrogens with one attached hydrogen (secondary N) is 1. The van der Waals surface area contributed by atoms with Crippen molar-refractivity contribution in [2.75, 3.05) is 19.0 Å². The predicted octanol–water partition coefficient (Wildman–Crippen LogP) is 1.15. The molecule has 27 heavy (non-hydrogen) atoms. The molecule has 2 bridgehead atoms. The molecule has 1 aliphatic heterocycles. The minimum Gasteiger partial charge on any atom is -0.465 e. The highest BCUT2D eigenvalue weighted by atomic mass is 16.6. The quantitative estimate of drug-likeness (QED) is 0.609. The summed E-state index contributed by atoms with van der Waals surface area (Å²) < 4.78 is 15.1. The van der Waals surface area contributed by atoms with Gasteiger partial charge in [-0.25, -0.2) is 4.79 Å². The van der Waals surface area contributed by atoms with Crippen LogP contribution in [-0.4, -0.2) is 43.6 Å². The average molecular weight is 373 g/mol. The Hall–Kier alpha value is -2.90. The van der Waals surface area contributed by atoms with Crippen LogP contribution in [-0.2, 0) is 28.6 Å². The lowest BCUT2D eigenvalue weighted by molar-refractivity contribution is -0.157. The van der Waals surface area contributed by atoms with Gasteiger partial charge >= 0.3 is 17.9 Å². The maximum Gasteiger partial charge on any atom is 0.337 e. The van der Waals surface area contributed by atoms with Crippen LogP contribution in [0, 0.1) is 23.7 Å². The Morgan fingerprint density at radius 3 is 2.63 bits per heavy atom. The van der Waals surface area contributed by atoms with Gasteiger partial charge in [-0.3, -0.25) is 14.4 Å². The molecular weight excluding hydrogens is 354 g/mol. The summed E-state index contributed by atoms with van der Waals surface area (Å²) in [6.45, 7) is -0.434. The number of anilines is 1. The predicted molar refractivity (Wildman–Crippen MR) is 90.4 cm³/mol. The van der Waals surface area contributed by atoms with Crippen LogP contribution in [0.1, 0.15) is 23.2 Å². The van der Waals surface area contributed by atoms with Gasteiger partial charge in [0.1, 0.15) is 6.10 Å². The van der Waals surface area contributed by atoms with E-state index in [-0.39, 0.29) is 23.9 Å². The van der Waals surface area contributed by atoms with Crippen molar-refractivity contribution >= 4 is 29.5 Å². The van der Waals surface area contributed by atoms with E-state index in [9.17, 15) is 19.2 Å². The average Bonchev–Trinajstić information content (AvgIpc) is 3.28. The van der Waals surface area contributed by atoms with Crippen LogP contribution >= 0.6 is 0 Å². The molecule has 2 aliphatic carbocycles. The summed E-state index contributed by atoms with van der Waals surface area (Å²) in [6, 6.07) is 6.14. The summed E-state index contributed by atoms with van der Waals surface area (Å²) in [5, 5.41) is 2.59. The van der Waals surface area contributed by atoms with Crippen molar-refractivity contribution in [3.63, 3.8) is 0 Å². The van der Waals surface area contributed by atoms with Crippen molar-refractivity contribution in [1.82, 2.24) is 0 Å². The van der Waals surface area contributed by atoms with Crippen molar-refractivity contribution in [2.45, 2.75) is 18.9 Å². The largest absolute Gasteiger partial charge is 0.465 e. The Morgan fingerprint density at radius 2 is 1.93 bits per heavy atom. The fourth-order valence-electron chi connectivity index (χ4n) is 4.56. The smallest absolute Gasteiger partial charge is 0.337 e. The number of hydrogen-bond donors (Lipinski definition) is 1. The summed E-state index contributed by atoms with van der Waals surface area (Å²) in [5.41, 5.74) is 0.825. The highest BCUT2D eigenvalue weighted by Crippen LogP contribution is 2.57. The van der Waals surface area contributed by atoms with Gasteiger partial charge in [0.15, 0.2) is 6.61 Å². The van der Waals surface area contributed by atoms with E-state index in [1.807, 2.05) is 0 Å². The molecule has 0 radical (unpaired) electrons. The SMILES string of the molecule is COC(=O)c1ccc(NC(=O)COC(=O)[C@@H]2[C@@H]3C[C@@H]4[C@@H]2C(=O)O[C@@H]4C3)cc1. The van der Waals surface area contributed by atoms with E-state index >= 15 is 0 Å². The summed E-state index contributed by atoms with van der Waals surface area (Å²) >= 11 is 0. The number of methoxy groups -OCH3 is 1. The minimum absolute atomic E-state index is 0.0483. The summed E-state index contributed by atoms with van der Waals surface area (Å²) in [6.07, 6.45) is 1.46. The fourth-order valence-corrected chi connectivity index (χ4v) is 4.56. The first-order valence-electron chi connectivity index (χ1n) is 8.83. The number of rotatable bonds is 5. The molecule has 8 heteroatoms. The van der Waals surface area contributed by atoms with Gasteiger partial charge in [0.2, 0.25) is 0 Å². The lowest BCUT2D eigenvalue weighted by Crippen LogP contribution is -2.34. The number of ether oxygens (including phenoxy) is 3. The number of amides is 1. The summed E-state index contributed by atoms with van der Waals surface area (Å²) in [7, 11) is 1.29. The highest BCUT2D eigenvalue weighted by Gasteiger charge is 2.64. The van der Waals surface area contributed by atoms with E-state index in [0.29, 0.717) is 17.7 Å². The molecule has 1 heterocycles. The maximum absolute atomic E-state index is 12.4. The first-order chi connectivity index (χ1) is 13.0. The zero-order valence-corrected chi connectivity index (χ0v) is 14.7. The molecule has 4 rings (SSSR count). The summed E-state index contributed by atoms with van der Waals surface area (Å²) in [4.78, 5) is 47.8. The van der Waals surface area contributed by atoms with Crippen LogP contribution in [0.2, 0.25) is 0 Å². The molecule has 3 aliphatic rings. The molecular formula is C19H19NO7. The molecule has 8 nitrogen and oxygen atoms in total. The van der Waals surface area contributed by atoms with Gasteiger partial charge in [-0.05, 0) is 43.0 Å². The molecule has 1 N–H and O–H groups in total. The molecule has 142 valence electrons. The summed E-state index contributed by atoms with van der Waals surface area (Å²) in [5.74, 6) is -2.52. The van der Waals surface area contributed by atoms with Gasteiger partial charge in [-0.1, -0.05) is 0 Å². The Labute approximate surface area is 155 Å². The third-order valence-electron chi connectivity index (χ3n) is 5.69. The zero-order chi connectivity index (χ0) is 19.1. The Balaban J connectivity index is 1.30. The number of benzene rings is 1. The van der Waals surface area contributed by atoms with Crippen LogP contribution in [0.3, 0.4) is 0 Å².